The number of rotatable bonds is 20. The minimum atomic E-state index is -0.0136. The molecule has 0 atom stereocenters. The average molecular weight is 1340 g/mol. The van der Waals surface area contributed by atoms with Crippen LogP contribution >= 0.6 is 0 Å². The van der Waals surface area contributed by atoms with Crippen LogP contribution in [-0.2, 0) is 0 Å². The van der Waals surface area contributed by atoms with Gasteiger partial charge in [-0.25, -0.2) is 0 Å². The molecule has 0 heterocycles. The minimum absolute atomic E-state index is 0.00211. The molecule has 0 fully saturated rings. The average Bonchev–Trinajstić information content (AvgIpc) is 0.852. The fourth-order valence-electron chi connectivity index (χ4n) is 8.72. The number of ketones is 3. The zero-order chi connectivity index (χ0) is 71.7. The second-order valence-electron chi connectivity index (χ2n) is 20.6. The lowest BCUT2D eigenvalue weighted by Gasteiger charge is -2.09. The Bertz CT molecular complexity index is 3830. The van der Waals surface area contributed by atoms with Crippen molar-refractivity contribution >= 4 is 17.3 Å². The molecule has 0 unspecified atom stereocenters. The van der Waals surface area contributed by atoms with Gasteiger partial charge in [-0.15, -0.1) is 0 Å². The number of carbonyl (C=O) groups is 3. The molecular weight excluding hydrogens is 1250 g/mol. The third-order valence-corrected chi connectivity index (χ3v) is 14.3. The van der Waals surface area contributed by atoms with Gasteiger partial charge in [0.2, 0.25) is 0 Å². The Morgan fingerprint density at radius 3 is 0.727 bits per heavy atom. The van der Waals surface area contributed by atoms with Gasteiger partial charge < -0.3 is 61.6 Å². The van der Waals surface area contributed by atoms with Crippen LogP contribution < -0.4 is 61.6 Å². The Hall–Kier alpha value is -12.2. The van der Waals surface area contributed by atoms with Gasteiger partial charge >= 0.3 is 0 Å². The van der Waals surface area contributed by atoms with Crippen molar-refractivity contribution in [3.63, 3.8) is 0 Å². The Kier molecular flexibility index (Phi) is 33.7. The summed E-state index contributed by atoms with van der Waals surface area (Å²) in [6, 6.07) is 82.2. The number of ether oxygens (including phenoxy) is 13. The lowest BCUT2D eigenvalue weighted by atomic mass is 9.94. The fourth-order valence-corrected chi connectivity index (χ4v) is 8.72. The lowest BCUT2D eigenvalue weighted by Crippen LogP contribution is -2.01. The largest absolute Gasteiger partial charge is 0.497 e. The molecule has 0 spiro atoms. The summed E-state index contributed by atoms with van der Waals surface area (Å²) in [4.78, 5) is 35.2. The van der Waals surface area contributed by atoms with Crippen LogP contribution in [0.5, 0.6) is 80.5 Å². The molecule has 0 saturated carbocycles. The van der Waals surface area contributed by atoms with E-state index in [2.05, 4.69) is 0 Å². The van der Waals surface area contributed by atoms with E-state index in [1.54, 1.807) is 152 Å². The van der Waals surface area contributed by atoms with E-state index >= 15 is 0 Å². The molecule has 99 heavy (non-hydrogen) atoms. The van der Waals surface area contributed by atoms with Crippen LogP contribution in [0.2, 0.25) is 0 Å². The first kappa shape index (κ1) is 77.5. The van der Waals surface area contributed by atoms with Gasteiger partial charge in [-0.2, -0.15) is 0 Å². The Morgan fingerprint density at radius 1 is 0.212 bits per heavy atom. The van der Waals surface area contributed by atoms with E-state index < -0.39 is 0 Å². The van der Waals surface area contributed by atoms with Crippen molar-refractivity contribution in [1.29, 1.82) is 0 Å². The topological polar surface area (TPSA) is 171 Å². The molecule has 0 aromatic heterocycles. The lowest BCUT2D eigenvalue weighted by molar-refractivity contribution is 0.100. The van der Waals surface area contributed by atoms with Crippen LogP contribution in [-0.4, -0.2) is 103 Å². The first-order chi connectivity index (χ1) is 48.1. The molecule has 0 saturated heterocycles. The second kappa shape index (κ2) is 43.0. The van der Waals surface area contributed by atoms with Crippen molar-refractivity contribution in [2.75, 3.05) is 85.3 Å². The zero-order valence-corrected chi connectivity index (χ0v) is 58.4. The second-order valence-corrected chi connectivity index (χ2v) is 20.6. The predicted octanol–water partition coefficient (Wildman–Crippen LogP) is 18.7. The van der Waals surface area contributed by atoms with Crippen LogP contribution in [0.3, 0.4) is 0 Å². The van der Waals surface area contributed by atoms with Crippen molar-refractivity contribution in [1.82, 2.24) is 0 Å². The first-order valence-corrected chi connectivity index (χ1v) is 30.9. The Labute approximate surface area is 581 Å². The highest BCUT2D eigenvalue weighted by Crippen LogP contribution is 2.29. The van der Waals surface area contributed by atoms with Crippen LogP contribution in [0.1, 0.15) is 50.5 Å². The van der Waals surface area contributed by atoms with Gasteiger partial charge in [0.15, 0.2) is 17.3 Å². The molecule has 0 radical (unpaired) electrons. The van der Waals surface area contributed by atoms with Crippen molar-refractivity contribution in [3.05, 3.63) is 289 Å². The molecule has 0 aliphatic rings. The molecular formula is C83H86O16. The normalized spacial score (nSPS) is 9.64. The Balaban J connectivity index is 0.000000211. The van der Waals surface area contributed by atoms with E-state index in [0.29, 0.717) is 22.3 Å². The molecule has 11 rings (SSSR count). The maximum atomic E-state index is 12.2. The highest BCUT2D eigenvalue weighted by atomic mass is 16.5. The third kappa shape index (κ3) is 26.5. The fraction of sp³-hybridized carbons (Fsp3) is 0.169. The van der Waals surface area contributed by atoms with Crippen molar-refractivity contribution in [2.45, 2.75) is 13.8 Å². The van der Waals surface area contributed by atoms with Crippen molar-refractivity contribution in [3.8, 4) is 103 Å². The molecule has 0 bridgehead atoms. The third-order valence-electron chi connectivity index (χ3n) is 14.3. The van der Waals surface area contributed by atoms with Crippen LogP contribution in [0.25, 0.3) is 22.3 Å². The van der Waals surface area contributed by atoms with E-state index in [9.17, 15) is 14.4 Å². The number of carbonyl (C=O) groups excluding carboxylic acids is 3. The maximum absolute atomic E-state index is 12.2. The Morgan fingerprint density at radius 2 is 0.465 bits per heavy atom. The summed E-state index contributed by atoms with van der Waals surface area (Å²) >= 11 is 0. The van der Waals surface area contributed by atoms with E-state index in [4.69, 9.17) is 61.6 Å². The van der Waals surface area contributed by atoms with Crippen LogP contribution in [0.4, 0.5) is 0 Å². The van der Waals surface area contributed by atoms with Crippen LogP contribution in [0.15, 0.2) is 267 Å². The molecule has 514 valence electrons. The zero-order valence-electron chi connectivity index (χ0n) is 58.4. The van der Waals surface area contributed by atoms with E-state index in [0.717, 1.165) is 91.6 Å². The monoisotopic (exact) mass is 1340 g/mol. The van der Waals surface area contributed by atoms with Gasteiger partial charge in [0, 0.05) is 28.3 Å². The van der Waals surface area contributed by atoms with Gasteiger partial charge in [0.1, 0.15) is 80.5 Å². The standard InChI is InChI=1S/C16H14O2.C15H14O3.C14H14O3.C14H14O2.3C8H10O2/c1-11(17)14-8-9-15(12(2)18)16(10-14)13-6-4-3-5-7-13;1-17-13-7-3-11(4-8-13)15(16)12-5-9-14(18-2)10-6-12;1-15-11-3-7-13(8-4-11)17-14-9-5-12(16-2)6-10-14;1-15-13-7-3-11(4-8-13)12-5-9-14(16-2)10-6-12;2*1-9-7-3-5-8(10-2)6-4-7;1-9-7-4-3-5-8(6-7)10-2/h2*3-10H,1-2H3;3-10H,1-2H3;3-10H,1-2H3;3*3-6H,1-2H3. The molecule has 16 nitrogen and oxygen atoms in total. The summed E-state index contributed by atoms with van der Waals surface area (Å²) in [5.74, 6) is 11.4. The van der Waals surface area contributed by atoms with Gasteiger partial charge in [0.05, 0.1) is 85.3 Å². The van der Waals surface area contributed by atoms with Crippen LogP contribution in [0, 0.1) is 0 Å². The summed E-state index contributed by atoms with van der Waals surface area (Å²) in [6.07, 6.45) is 0. The first-order valence-electron chi connectivity index (χ1n) is 30.9. The molecule has 0 aliphatic carbocycles. The van der Waals surface area contributed by atoms with Gasteiger partial charge in [0.25, 0.3) is 0 Å². The minimum Gasteiger partial charge on any atom is -0.497 e. The molecule has 0 aliphatic heterocycles. The molecule has 11 aromatic carbocycles. The summed E-state index contributed by atoms with van der Waals surface area (Å²) in [5.41, 5.74) is 6.65. The molecule has 0 amide bonds. The summed E-state index contributed by atoms with van der Waals surface area (Å²) in [7, 11) is 19.6. The number of benzene rings is 11. The highest BCUT2D eigenvalue weighted by molar-refractivity contribution is 6.09. The van der Waals surface area contributed by atoms with E-state index in [1.165, 1.54) is 25.0 Å². The van der Waals surface area contributed by atoms with Gasteiger partial charge in [-0.1, -0.05) is 72.8 Å². The number of Topliss-reactive ketones (excluding diaryl/α,β-unsaturated/α-hetero) is 2. The van der Waals surface area contributed by atoms with Crippen molar-refractivity contribution < 1.29 is 76.0 Å². The SMILES string of the molecule is CC(=O)c1ccc(C(C)=O)c(-c2ccccc2)c1.COc1ccc(-c2ccc(OC)cc2)cc1.COc1ccc(C(=O)c2ccc(OC)cc2)cc1.COc1ccc(OC)cc1.COc1ccc(OC)cc1.COc1ccc(Oc2ccc(OC)cc2)cc1.COc1cccc(OC)c1. The number of hydrogen-bond acceptors (Lipinski definition) is 16. The number of methoxy groups -OCH3 is 12. The maximum Gasteiger partial charge on any atom is 0.193 e. The molecule has 11 aromatic rings. The van der Waals surface area contributed by atoms with E-state index in [-0.39, 0.29) is 17.3 Å². The van der Waals surface area contributed by atoms with Crippen molar-refractivity contribution in [2.24, 2.45) is 0 Å². The summed E-state index contributed by atoms with van der Waals surface area (Å²) in [6.45, 7) is 3.06. The van der Waals surface area contributed by atoms with Gasteiger partial charge in [-0.3, -0.25) is 14.4 Å². The van der Waals surface area contributed by atoms with E-state index in [1.807, 2.05) is 200 Å². The van der Waals surface area contributed by atoms with Gasteiger partial charge in [-0.05, 0) is 224 Å². The smallest absolute Gasteiger partial charge is 0.193 e. The highest BCUT2D eigenvalue weighted by Gasteiger charge is 2.13. The summed E-state index contributed by atoms with van der Waals surface area (Å²) in [5, 5.41) is 0. The predicted molar refractivity (Wildman–Crippen MR) is 391 cm³/mol. The quantitative estimate of drug-likeness (QED) is 0.0659. The summed E-state index contributed by atoms with van der Waals surface area (Å²) < 4.78 is 66.0. The number of hydrogen-bond donors (Lipinski definition) is 0. The molecule has 16 heteroatoms. The molecule has 0 N–H and O–H groups in total.